The third-order valence-electron chi connectivity index (χ3n) is 3.97. The van der Waals surface area contributed by atoms with Crippen LogP contribution in [0.3, 0.4) is 0 Å². The summed E-state index contributed by atoms with van der Waals surface area (Å²) in [4.78, 5) is 12.3. The maximum Gasteiger partial charge on any atom is 0.263 e. The van der Waals surface area contributed by atoms with Crippen molar-refractivity contribution < 1.29 is 14.3 Å². The van der Waals surface area contributed by atoms with Crippen LogP contribution in [0.4, 0.5) is 5.69 Å². The predicted molar refractivity (Wildman–Crippen MR) is 75.9 cm³/mol. The molecule has 0 spiro atoms. The van der Waals surface area contributed by atoms with Gasteiger partial charge in [-0.25, -0.2) is 0 Å². The number of carbonyl (C=O) groups is 1. The van der Waals surface area contributed by atoms with Gasteiger partial charge >= 0.3 is 0 Å². The van der Waals surface area contributed by atoms with E-state index >= 15 is 0 Å². The summed E-state index contributed by atoms with van der Waals surface area (Å²) >= 11 is 0. The van der Waals surface area contributed by atoms with Crippen LogP contribution in [0.5, 0.6) is 5.75 Å². The Labute approximate surface area is 118 Å². The van der Waals surface area contributed by atoms with Gasteiger partial charge in [-0.15, -0.1) is 0 Å². The third kappa shape index (κ3) is 2.72. The van der Waals surface area contributed by atoms with Crippen molar-refractivity contribution >= 4 is 11.6 Å². The average molecular weight is 276 g/mol. The van der Waals surface area contributed by atoms with E-state index in [-0.39, 0.29) is 11.9 Å². The Kier molecular flexibility index (Phi) is 3.78. The number of para-hydroxylation sites is 2. The van der Waals surface area contributed by atoms with Crippen LogP contribution in [0.2, 0.25) is 0 Å². The van der Waals surface area contributed by atoms with E-state index in [1.807, 2.05) is 31.2 Å². The minimum absolute atomic E-state index is 0.0635. The lowest BCUT2D eigenvalue weighted by Gasteiger charge is -2.28. The first kappa shape index (κ1) is 13.2. The molecule has 3 unspecified atom stereocenters. The van der Waals surface area contributed by atoms with E-state index in [4.69, 9.17) is 9.47 Å². The minimum atomic E-state index is -0.477. The molecule has 3 atom stereocenters. The number of hydrogen-bond donors (Lipinski definition) is 2. The number of carbonyl (C=O) groups excluding carboxylic acids is 1. The van der Waals surface area contributed by atoms with Crippen LogP contribution in [-0.2, 0) is 9.53 Å². The first-order valence-electron chi connectivity index (χ1n) is 7.11. The highest BCUT2D eigenvalue weighted by Gasteiger charge is 2.29. The van der Waals surface area contributed by atoms with Crippen LogP contribution in [0.1, 0.15) is 13.3 Å². The van der Waals surface area contributed by atoms with Gasteiger partial charge in [0, 0.05) is 18.6 Å². The van der Waals surface area contributed by atoms with Crippen molar-refractivity contribution in [1.82, 2.24) is 5.32 Å². The van der Waals surface area contributed by atoms with Crippen LogP contribution >= 0.6 is 0 Å². The zero-order valence-electron chi connectivity index (χ0n) is 11.6. The lowest BCUT2D eigenvalue weighted by atomic mass is 10.0. The summed E-state index contributed by atoms with van der Waals surface area (Å²) in [6, 6.07) is 7.78. The van der Waals surface area contributed by atoms with E-state index in [9.17, 15) is 4.79 Å². The second-order valence-corrected chi connectivity index (χ2v) is 5.40. The van der Waals surface area contributed by atoms with Gasteiger partial charge in [-0.3, -0.25) is 4.79 Å². The van der Waals surface area contributed by atoms with Crippen LogP contribution < -0.4 is 15.4 Å². The number of ether oxygens (including phenoxy) is 2. The summed E-state index contributed by atoms with van der Waals surface area (Å²) in [6.45, 7) is 4.05. The summed E-state index contributed by atoms with van der Waals surface area (Å²) < 4.78 is 11.1. The number of hydrogen-bond acceptors (Lipinski definition) is 4. The zero-order valence-corrected chi connectivity index (χ0v) is 11.6. The Morgan fingerprint density at radius 2 is 2.30 bits per heavy atom. The fraction of sp³-hybridized carbons (Fsp3) is 0.533. The lowest BCUT2D eigenvalue weighted by Crippen LogP contribution is -2.49. The van der Waals surface area contributed by atoms with E-state index < -0.39 is 6.10 Å². The van der Waals surface area contributed by atoms with Gasteiger partial charge in [0.15, 0.2) is 6.10 Å². The molecule has 1 aromatic rings. The molecule has 0 radical (unpaired) electrons. The largest absolute Gasteiger partial charge is 0.477 e. The fourth-order valence-electron chi connectivity index (χ4n) is 2.64. The smallest absolute Gasteiger partial charge is 0.263 e. The van der Waals surface area contributed by atoms with E-state index in [1.54, 1.807) is 0 Å². The van der Waals surface area contributed by atoms with Gasteiger partial charge in [-0.2, -0.15) is 0 Å². The summed E-state index contributed by atoms with van der Waals surface area (Å²) in [5.41, 5.74) is 0.939. The van der Waals surface area contributed by atoms with Crippen molar-refractivity contribution in [2.24, 2.45) is 5.92 Å². The molecular formula is C15H20N2O3. The third-order valence-corrected chi connectivity index (χ3v) is 3.97. The van der Waals surface area contributed by atoms with Gasteiger partial charge in [0.1, 0.15) is 5.75 Å². The van der Waals surface area contributed by atoms with Crippen LogP contribution in [0, 0.1) is 5.92 Å². The van der Waals surface area contributed by atoms with E-state index in [2.05, 4.69) is 10.6 Å². The van der Waals surface area contributed by atoms with Gasteiger partial charge in [-0.1, -0.05) is 12.1 Å². The number of anilines is 1. The summed E-state index contributed by atoms with van der Waals surface area (Å²) in [5, 5.41) is 6.26. The maximum absolute atomic E-state index is 12.3. The molecule has 2 heterocycles. The number of fused-ring (bicyclic) bond motifs is 1. The molecule has 1 aromatic carbocycles. The number of rotatable bonds is 3. The molecule has 1 saturated heterocycles. The predicted octanol–water partition coefficient (Wildman–Crippen LogP) is 1.40. The van der Waals surface area contributed by atoms with Crippen molar-refractivity contribution in [1.29, 1.82) is 0 Å². The second-order valence-electron chi connectivity index (χ2n) is 5.40. The molecule has 20 heavy (non-hydrogen) atoms. The van der Waals surface area contributed by atoms with Crippen molar-refractivity contribution in [3.8, 4) is 5.75 Å². The summed E-state index contributed by atoms with van der Waals surface area (Å²) in [7, 11) is 0. The Hall–Kier alpha value is -1.75. The van der Waals surface area contributed by atoms with Crippen LogP contribution in [-0.4, -0.2) is 37.8 Å². The van der Waals surface area contributed by atoms with Crippen molar-refractivity contribution in [2.75, 3.05) is 25.1 Å². The molecule has 3 rings (SSSR count). The van der Waals surface area contributed by atoms with E-state index in [1.165, 1.54) is 0 Å². The molecule has 0 saturated carbocycles. The van der Waals surface area contributed by atoms with Crippen LogP contribution in [0.25, 0.3) is 0 Å². The molecule has 108 valence electrons. The number of amides is 1. The molecule has 2 aliphatic heterocycles. The molecular weight excluding hydrogens is 256 g/mol. The highest BCUT2D eigenvalue weighted by Crippen LogP contribution is 2.28. The molecule has 2 N–H and O–H groups in total. The topological polar surface area (TPSA) is 59.6 Å². The number of benzene rings is 1. The van der Waals surface area contributed by atoms with Gasteiger partial charge in [0.25, 0.3) is 5.91 Å². The maximum atomic E-state index is 12.3. The molecule has 0 bridgehead atoms. The monoisotopic (exact) mass is 276 g/mol. The first-order chi connectivity index (χ1) is 9.74. The summed E-state index contributed by atoms with van der Waals surface area (Å²) in [5.74, 6) is 1.07. The molecule has 5 nitrogen and oxygen atoms in total. The van der Waals surface area contributed by atoms with Gasteiger partial charge < -0.3 is 20.1 Å². The Balaban J connectivity index is 1.58. The zero-order chi connectivity index (χ0) is 13.9. The molecule has 0 aromatic heterocycles. The number of nitrogens with one attached hydrogen (secondary N) is 2. The van der Waals surface area contributed by atoms with Gasteiger partial charge in [0.05, 0.1) is 18.8 Å². The van der Waals surface area contributed by atoms with Crippen molar-refractivity contribution in [2.45, 2.75) is 25.5 Å². The van der Waals surface area contributed by atoms with Gasteiger partial charge in [-0.05, 0) is 25.5 Å². The standard InChI is InChI=1S/C15H20N2O3/c1-10(11-6-7-19-9-11)17-15(18)14-8-16-12-4-2-3-5-13(12)20-14/h2-5,10-11,14,16H,6-9H2,1H3,(H,17,18). The molecule has 2 aliphatic rings. The first-order valence-corrected chi connectivity index (χ1v) is 7.11. The average Bonchev–Trinajstić information content (AvgIpc) is 3.01. The summed E-state index contributed by atoms with van der Waals surface area (Å²) in [6.07, 6.45) is 0.531. The van der Waals surface area contributed by atoms with Gasteiger partial charge in [0.2, 0.25) is 0 Å². The van der Waals surface area contributed by atoms with E-state index in [0.29, 0.717) is 12.5 Å². The highest BCUT2D eigenvalue weighted by molar-refractivity contribution is 5.83. The Morgan fingerprint density at radius 3 is 3.10 bits per heavy atom. The quantitative estimate of drug-likeness (QED) is 0.876. The molecule has 1 amide bonds. The Bertz CT molecular complexity index is 486. The minimum Gasteiger partial charge on any atom is -0.477 e. The molecule has 5 heteroatoms. The normalized spacial score (nSPS) is 26.1. The van der Waals surface area contributed by atoms with E-state index in [0.717, 1.165) is 31.1 Å². The second kappa shape index (κ2) is 5.71. The van der Waals surface area contributed by atoms with Crippen molar-refractivity contribution in [3.05, 3.63) is 24.3 Å². The molecule has 1 fully saturated rings. The van der Waals surface area contributed by atoms with Crippen LogP contribution in [0.15, 0.2) is 24.3 Å². The molecule has 0 aliphatic carbocycles. The lowest BCUT2D eigenvalue weighted by molar-refractivity contribution is -0.128. The van der Waals surface area contributed by atoms with Crippen molar-refractivity contribution in [3.63, 3.8) is 0 Å². The Morgan fingerprint density at radius 1 is 1.45 bits per heavy atom. The SMILES string of the molecule is CC(NC(=O)C1CNc2ccccc2O1)C1CCOC1. The fourth-order valence-corrected chi connectivity index (χ4v) is 2.64. The highest BCUT2D eigenvalue weighted by atomic mass is 16.5.